The monoisotopic (exact) mass is 254 g/mol. The summed E-state index contributed by atoms with van der Waals surface area (Å²) in [5.41, 5.74) is -0.160. The first-order chi connectivity index (χ1) is 8.41. The zero-order valence-corrected chi connectivity index (χ0v) is 10.3. The summed E-state index contributed by atoms with van der Waals surface area (Å²) in [7, 11) is 0. The van der Waals surface area contributed by atoms with Crippen molar-refractivity contribution in [3.8, 4) is 0 Å². The summed E-state index contributed by atoms with van der Waals surface area (Å²) in [5, 5.41) is 8.76. The van der Waals surface area contributed by atoms with E-state index in [0.717, 1.165) is 11.1 Å². The van der Waals surface area contributed by atoms with E-state index in [2.05, 4.69) is 4.98 Å². The maximum absolute atomic E-state index is 13.4. The Hall–Kier alpha value is -1.98. The number of rotatable bonds is 5. The molecule has 0 saturated heterocycles. The molecule has 1 heterocycles. The number of carboxylic acids is 1. The number of halogens is 1. The fourth-order valence-electron chi connectivity index (χ4n) is 1.54. The molecule has 0 aliphatic heterocycles. The smallest absolute Gasteiger partial charge is 0.323 e. The van der Waals surface area contributed by atoms with Crippen molar-refractivity contribution >= 4 is 11.9 Å². The van der Waals surface area contributed by atoms with E-state index in [1.54, 1.807) is 0 Å². The number of carbonyl (C=O) groups is 2. The number of amides is 1. The van der Waals surface area contributed by atoms with E-state index in [-0.39, 0.29) is 18.0 Å². The maximum Gasteiger partial charge on any atom is 0.323 e. The second-order valence-electron chi connectivity index (χ2n) is 4.33. The van der Waals surface area contributed by atoms with Gasteiger partial charge in [-0.05, 0) is 12.0 Å². The van der Waals surface area contributed by atoms with Crippen molar-refractivity contribution < 1.29 is 19.1 Å². The van der Waals surface area contributed by atoms with Gasteiger partial charge in [-0.2, -0.15) is 0 Å². The van der Waals surface area contributed by atoms with Crippen LogP contribution in [0.1, 0.15) is 24.2 Å². The minimum atomic E-state index is -1.13. The predicted molar refractivity (Wildman–Crippen MR) is 62.6 cm³/mol. The summed E-state index contributed by atoms with van der Waals surface area (Å²) in [5.74, 6) is -2.41. The second-order valence-corrected chi connectivity index (χ2v) is 4.33. The van der Waals surface area contributed by atoms with E-state index >= 15 is 0 Å². The number of hydrogen-bond acceptors (Lipinski definition) is 3. The lowest BCUT2D eigenvalue weighted by molar-refractivity contribution is -0.137. The van der Waals surface area contributed by atoms with Crippen molar-refractivity contribution in [3.05, 3.63) is 29.8 Å². The Balaban J connectivity index is 2.95. The van der Waals surface area contributed by atoms with Crippen LogP contribution in [0.2, 0.25) is 0 Å². The summed E-state index contributed by atoms with van der Waals surface area (Å²) >= 11 is 0. The summed E-state index contributed by atoms with van der Waals surface area (Å²) in [6, 6.07) is 1.24. The Bertz CT molecular complexity index is 449. The maximum atomic E-state index is 13.4. The van der Waals surface area contributed by atoms with E-state index in [4.69, 9.17) is 5.11 Å². The van der Waals surface area contributed by atoms with E-state index in [0.29, 0.717) is 0 Å². The molecule has 0 radical (unpaired) electrons. The van der Waals surface area contributed by atoms with E-state index in [1.807, 2.05) is 13.8 Å². The van der Waals surface area contributed by atoms with E-state index in [1.165, 1.54) is 12.3 Å². The zero-order chi connectivity index (χ0) is 13.7. The third-order valence-electron chi connectivity index (χ3n) is 2.20. The lowest BCUT2D eigenvalue weighted by Gasteiger charge is -2.22. The van der Waals surface area contributed by atoms with E-state index in [9.17, 15) is 14.0 Å². The van der Waals surface area contributed by atoms with Gasteiger partial charge in [0.2, 0.25) is 0 Å². The first kappa shape index (κ1) is 14.1. The molecule has 0 aromatic carbocycles. The molecule has 18 heavy (non-hydrogen) atoms. The van der Waals surface area contributed by atoms with Crippen molar-refractivity contribution in [2.45, 2.75) is 13.8 Å². The van der Waals surface area contributed by atoms with Crippen LogP contribution in [0, 0.1) is 11.7 Å². The average Bonchev–Trinajstić information content (AvgIpc) is 2.26. The van der Waals surface area contributed by atoms with Crippen molar-refractivity contribution in [1.82, 2.24) is 9.88 Å². The third-order valence-corrected chi connectivity index (χ3v) is 2.20. The summed E-state index contributed by atoms with van der Waals surface area (Å²) in [4.78, 5) is 27.4. The Labute approximate surface area is 104 Å². The van der Waals surface area contributed by atoms with Crippen LogP contribution in [-0.2, 0) is 4.79 Å². The van der Waals surface area contributed by atoms with Gasteiger partial charge < -0.3 is 10.0 Å². The predicted octanol–water partition coefficient (Wildman–Crippen LogP) is 1.40. The number of hydrogen-bond donors (Lipinski definition) is 1. The van der Waals surface area contributed by atoms with Crippen LogP contribution in [0.3, 0.4) is 0 Å². The van der Waals surface area contributed by atoms with Gasteiger partial charge in [0.25, 0.3) is 5.91 Å². The molecule has 1 amide bonds. The molecule has 5 nitrogen and oxygen atoms in total. The molecular weight excluding hydrogens is 239 g/mol. The number of pyridine rings is 1. The Kier molecular flexibility index (Phi) is 4.76. The average molecular weight is 254 g/mol. The first-order valence-corrected chi connectivity index (χ1v) is 5.52. The van der Waals surface area contributed by atoms with E-state index < -0.39 is 24.2 Å². The standard InChI is InChI=1S/C12H15FN2O3/c1-8(2)6-15(7-11(16)17)12(18)9-3-4-14-5-10(9)13/h3-5,8H,6-7H2,1-2H3,(H,16,17). The number of nitrogens with zero attached hydrogens (tertiary/aromatic N) is 2. The third kappa shape index (κ3) is 3.80. The molecule has 0 saturated carbocycles. The van der Waals surface area contributed by atoms with Gasteiger partial charge in [-0.25, -0.2) is 4.39 Å². The highest BCUT2D eigenvalue weighted by molar-refractivity contribution is 5.95. The summed E-state index contributed by atoms with van der Waals surface area (Å²) < 4.78 is 13.4. The Morgan fingerprint density at radius 3 is 2.67 bits per heavy atom. The molecule has 0 atom stereocenters. The Morgan fingerprint density at radius 2 is 2.17 bits per heavy atom. The normalized spacial score (nSPS) is 10.4. The minimum Gasteiger partial charge on any atom is -0.480 e. The second kappa shape index (κ2) is 6.09. The highest BCUT2D eigenvalue weighted by Gasteiger charge is 2.21. The molecule has 1 aromatic rings. The lowest BCUT2D eigenvalue weighted by atomic mass is 10.1. The first-order valence-electron chi connectivity index (χ1n) is 5.52. The molecule has 0 spiro atoms. The van der Waals surface area contributed by atoms with Crippen LogP contribution in [0.5, 0.6) is 0 Å². The SMILES string of the molecule is CC(C)CN(CC(=O)O)C(=O)c1ccncc1F. The van der Waals surface area contributed by atoms with Gasteiger partial charge in [-0.15, -0.1) is 0 Å². The van der Waals surface area contributed by atoms with Crippen molar-refractivity contribution in [2.24, 2.45) is 5.92 Å². The van der Waals surface area contributed by atoms with Gasteiger partial charge in [0.1, 0.15) is 6.54 Å². The molecule has 1 rings (SSSR count). The molecular formula is C12H15FN2O3. The fraction of sp³-hybridized carbons (Fsp3) is 0.417. The summed E-state index contributed by atoms with van der Waals surface area (Å²) in [6.45, 7) is 3.52. The highest BCUT2D eigenvalue weighted by Crippen LogP contribution is 2.10. The number of aliphatic carboxylic acids is 1. The quantitative estimate of drug-likeness (QED) is 0.862. The van der Waals surface area contributed by atoms with Crippen LogP contribution in [-0.4, -0.2) is 40.0 Å². The van der Waals surface area contributed by atoms with Gasteiger partial charge in [-0.3, -0.25) is 14.6 Å². The highest BCUT2D eigenvalue weighted by atomic mass is 19.1. The fourth-order valence-corrected chi connectivity index (χ4v) is 1.54. The van der Waals surface area contributed by atoms with Gasteiger partial charge in [0.15, 0.2) is 5.82 Å². The topological polar surface area (TPSA) is 70.5 Å². The van der Waals surface area contributed by atoms with Crippen molar-refractivity contribution in [2.75, 3.05) is 13.1 Å². The van der Waals surface area contributed by atoms with Crippen molar-refractivity contribution in [1.29, 1.82) is 0 Å². The molecule has 1 N–H and O–H groups in total. The molecule has 0 unspecified atom stereocenters. The molecule has 6 heteroatoms. The van der Waals surface area contributed by atoms with Crippen molar-refractivity contribution in [3.63, 3.8) is 0 Å². The molecule has 0 fully saturated rings. The zero-order valence-electron chi connectivity index (χ0n) is 10.3. The largest absolute Gasteiger partial charge is 0.480 e. The molecule has 0 aliphatic rings. The molecule has 1 aromatic heterocycles. The number of carbonyl (C=O) groups excluding carboxylic acids is 1. The molecule has 98 valence electrons. The van der Waals surface area contributed by atoms with Crippen LogP contribution in [0.15, 0.2) is 18.5 Å². The van der Waals surface area contributed by atoms with Gasteiger partial charge in [-0.1, -0.05) is 13.8 Å². The van der Waals surface area contributed by atoms with Gasteiger partial charge in [0.05, 0.1) is 11.8 Å². The van der Waals surface area contributed by atoms with Gasteiger partial charge >= 0.3 is 5.97 Å². The number of carboxylic acid groups (broad SMARTS) is 1. The van der Waals surface area contributed by atoms with Crippen LogP contribution < -0.4 is 0 Å². The summed E-state index contributed by atoms with van der Waals surface area (Å²) in [6.07, 6.45) is 2.23. The van der Waals surface area contributed by atoms with Crippen LogP contribution in [0.4, 0.5) is 4.39 Å². The van der Waals surface area contributed by atoms with Crippen LogP contribution in [0.25, 0.3) is 0 Å². The minimum absolute atomic E-state index is 0.0956. The lowest BCUT2D eigenvalue weighted by Crippen LogP contribution is -2.38. The van der Waals surface area contributed by atoms with Crippen LogP contribution >= 0.6 is 0 Å². The Morgan fingerprint density at radius 1 is 1.50 bits per heavy atom. The van der Waals surface area contributed by atoms with Gasteiger partial charge in [0, 0.05) is 12.7 Å². The number of aromatic nitrogens is 1. The molecule has 0 bridgehead atoms. The molecule has 0 aliphatic carbocycles.